The Kier molecular flexibility index (Phi) is 5.79. The summed E-state index contributed by atoms with van der Waals surface area (Å²) in [7, 11) is 0. The molecule has 154 valence electrons. The Bertz CT molecular complexity index is 800. The highest BCUT2D eigenvalue weighted by Gasteiger charge is 2.27. The molecule has 0 spiro atoms. The molecule has 0 amide bonds. The summed E-state index contributed by atoms with van der Waals surface area (Å²) in [4.78, 5) is 12.2. The summed E-state index contributed by atoms with van der Waals surface area (Å²) in [5, 5.41) is 0. The third-order valence-electron chi connectivity index (χ3n) is 6.71. The first-order valence-corrected chi connectivity index (χ1v) is 11.2. The molecule has 3 heterocycles. The van der Waals surface area contributed by atoms with Crippen LogP contribution in [-0.4, -0.2) is 65.1 Å². The minimum atomic E-state index is 0.778. The van der Waals surface area contributed by atoms with Crippen LogP contribution in [0.5, 0.6) is 5.75 Å². The summed E-state index contributed by atoms with van der Waals surface area (Å²) < 4.78 is 6.05. The molecule has 29 heavy (non-hydrogen) atoms. The molecule has 2 fully saturated rings. The highest BCUT2D eigenvalue weighted by atomic mass is 16.5. The van der Waals surface area contributed by atoms with Crippen molar-refractivity contribution in [3.05, 3.63) is 59.4 Å². The Hall–Kier alpha value is -1.95. The van der Waals surface area contributed by atoms with Crippen LogP contribution in [0.2, 0.25) is 0 Å². The van der Waals surface area contributed by atoms with Gasteiger partial charge in [0.2, 0.25) is 0 Å². The minimum Gasteiger partial charge on any atom is -0.492 e. The van der Waals surface area contributed by atoms with Crippen LogP contribution in [0.3, 0.4) is 0 Å². The second-order valence-electron chi connectivity index (χ2n) is 8.72. The first-order chi connectivity index (χ1) is 14.3. The van der Waals surface area contributed by atoms with E-state index in [4.69, 9.17) is 4.74 Å². The molecular formula is C24H32N4O. The topological polar surface area (TPSA) is 31.8 Å². The smallest absolute Gasteiger partial charge is 0.123 e. The van der Waals surface area contributed by atoms with Gasteiger partial charge in [-0.25, -0.2) is 0 Å². The van der Waals surface area contributed by atoms with Crippen molar-refractivity contribution < 1.29 is 4.74 Å². The number of hydrogen-bond donors (Lipinski definition) is 0. The normalized spacial score (nSPS) is 21.8. The Morgan fingerprint density at radius 1 is 0.931 bits per heavy atom. The summed E-state index contributed by atoms with van der Waals surface area (Å²) in [6.07, 6.45) is 6.00. The van der Waals surface area contributed by atoms with Crippen LogP contribution < -0.4 is 4.74 Å². The second-order valence-corrected chi connectivity index (χ2v) is 8.72. The molecule has 0 N–H and O–H groups in total. The van der Waals surface area contributed by atoms with E-state index in [1.54, 1.807) is 0 Å². The maximum absolute atomic E-state index is 6.05. The predicted octanol–water partition coefficient (Wildman–Crippen LogP) is 3.15. The van der Waals surface area contributed by atoms with E-state index in [1.807, 2.05) is 12.3 Å². The quantitative estimate of drug-likeness (QED) is 0.780. The maximum Gasteiger partial charge on any atom is 0.123 e. The lowest BCUT2D eigenvalue weighted by Gasteiger charge is -2.36. The highest BCUT2D eigenvalue weighted by Crippen LogP contribution is 2.31. The van der Waals surface area contributed by atoms with E-state index < -0.39 is 0 Å². The number of rotatable bonds is 5. The van der Waals surface area contributed by atoms with E-state index in [0.29, 0.717) is 0 Å². The Morgan fingerprint density at radius 3 is 2.48 bits per heavy atom. The van der Waals surface area contributed by atoms with E-state index >= 15 is 0 Å². The number of nitrogens with zero attached hydrogens (tertiary/aromatic N) is 4. The van der Waals surface area contributed by atoms with E-state index in [9.17, 15) is 0 Å². The number of fused-ring (bicyclic) bond motifs is 1. The standard InChI is InChI=1S/C24H32N4O/c1-2-9-25-22(4-1)19-27-12-10-26(11-13-27)17-20-7-8-24-21(16-20)18-28(14-15-29-24)23-5-3-6-23/h1-2,4,7-9,16,23H,3,5-6,10-15,17-19H2. The molecule has 1 aromatic heterocycles. The number of pyridine rings is 1. The number of ether oxygens (including phenoxy) is 1. The zero-order valence-corrected chi connectivity index (χ0v) is 17.3. The molecule has 1 aliphatic carbocycles. The van der Waals surface area contributed by atoms with Gasteiger partial charge in [-0.3, -0.25) is 19.7 Å². The van der Waals surface area contributed by atoms with Crippen molar-refractivity contribution in [2.75, 3.05) is 39.3 Å². The number of aromatic nitrogens is 1. The third kappa shape index (κ3) is 4.63. The van der Waals surface area contributed by atoms with Crippen molar-refractivity contribution in [2.24, 2.45) is 0 Å². The van der Waals surface area contributed by atoms with Gasteiger partial charge in [-0.05, 0) is 42.7 Å². The molecule has 5 nitrogen and oxygen atoms in total. The molecular weight excluding hydrogens is 360 g/mol. The van der Waals surface area contributed by atoms with Gasteiger partial charge >= 0.3 is 0 Å². The molecule has 0 radical (unpaired) electrons. The lowest BCUT2D eigenvalue weighted by Crippen LogP contribution is -2.45. The van der Waals surface area contributed by atoms with Crippen LogP contribution in [0.15, 0.2) is 42.6 Å². The van der Waals surface area contributed by atoms with Crippen molar-refractivity contribution in [1.82, 2.24) is 19.7 Å². The average Bonchev–Trinajstić information content (AvgIpc) is 2.91. The minimum absolute atomic E-state index is 0.778. The van der Waals surface area contributed by atoms with Gasteiger partial charge in [-0.15, -0.1) is 0 Å². The summed E-state index contributed by atoms with van der Waals surface area (Å²) in [6.45, 7) is 9.39. The fourth-order valence-electron chi connectivity index (χ4n) is 4.71. The van der Waals surface area contributed by atoms with E-state index in [1.165, 1.54) is 36.1 Å². The summed E-state index contributed by atoms with van der Waals surface area (Å²) in [5.41, 5.74) is 3.96. The van der Waals surface area contributed by atoms with Crippen LogP contribution in [-0.2, 0) is 19.6 Å². The summed E-state index contributed by atoms with van der Waals surface area (Å²) in [6, 6.07) is 13.8. The number of piperazine rings is 1. The van der Waals surface area contributed by atoms with Crippen molar-refractivity contribution in [1.29, 1.82) is 0 Å². The van der Waals surface area contributed by atoms with Crippen LogP contribution in [0, 0.1) is 0 Å². The monoisotopic (exact) mass is 392 g/mol. The zero-order valence-electron chi connectivity index (χ0n) is 17.3. The summed E-state index contributed by atoms with van der Waals surface area (Å²) >= 11 is 0. The van der Waals surface area contributed by atoms with Gasteiger partial charge in [0.1, 0.15) is 12.4 Å². The molecule has 1 aromatic carbocycles. The van der Waals surface area contributed by atoms with Crippen LogP contribution >= 0.6 is 0 Å². The van der Waals surface area contributed by atoms with Crippen molar-refractivity contribution in [2.45, 2.75) is 44.9 Å². The van der Waals surface area contributed by atoms with E-state index in [2.05, 4.69) is 50.0 Å². The molecule has 0 atom stereocenters. The predicted molar refractivity (Wildman–Crippen MR) is 115 cm³/mol. The zero-order chi connectivity index (χ0) is 19.5. The molecule has 5 heteroatoms. The van der Waals surface area contributed by atoms with Crippen molar-refractivity contribution in [3.63, 3.8) is 0 Å². The van der Waals surface area contributed by atoms with Crippen molar-refractivity contribution >= 4 is 0 Å². The van der Waals surface area contributed by atoms with E-state index in [-0.39, 0.29) is 0 Å². The van der Waals surface area contributed by atoms with Gasteiger partial charge in [0.05, 0.1) is 5.69 Å². The van der Waals surface area contributed by atoms with Gasteiger partial charge in [-0.1, -0.05) is 18.6 Å². The fraction of sp³-hybridized carbons (Fsp3) is 0.542. The molecule has 2 aliphatic heterocycles. The van der Waals surface area contributed by atoms with Crippen LogP contribution in [0.1, 0.15) is 36.1 Å². The molecule has 1 saturated carbocycles. The number of benzene rings is 1. The Balaban J connectivity index is 1.17. The maximum atomic E-state index is 6.05. The van der Waals surface area contributed by atoms with Gasteiger partial charge < -0.3 is 4.74 Å². The third-order valence-corrected chi connectivity index (χ3v) is 6.71. The Morgan fingerprint density at radius 2 is 1.76 bits per heavy atom. The van der Waals surface area contributed by atoms with Crippen LogP contribution in [0.25, 0.3) is 0 Å². The first-order valence-electron chi connectivity index (χ1n) is 11.2. The van der Waals surface area contributed by atoms with Gasteiger partial charge in [0.25, 0.3) is 0 Å². The van der Waals surface area contributed by atoms with E-state index in [0.717, 1.165) is 70.8 Å². The lowest BCUT2D eigenvalue weighted by atomic mass is 9.91. The largest absolute Gasteiger partial charge is 0.492 e. The molecule has 1 saturated heterocycles. The average molecular weight is 393 g/mol. The molecule has 0 unspecified atom stereocenters. The molecule has 2 aromatic rings. The SMILES string of the molecule is c1ccc(CN2CCN(Cc3ccc4c(c3)CN(C3CCC3)CCO4)CC2)nc1. The summed E-state index contributed by atoms with van der Waals surface area (Å²) in [5.74, 6) is 1.09. The first kappa shape index (κ1) is 19.0. The van der Waals surface area contributed by atoms with Gasteiger partial charge in [0.15, 0.2) is 0 Å². The second kappa shape index (κ2) is 8.82. The number of hydrogen-bond acceptors (Lipinski definition) is 5. The lowest BCUT2D eigenvalue weighted by molar-refractivity contribution is 0.111. The Labute approximate surface area is 174 Å². The molecule has 3 aliphatic rings. The van der Waals surface area contributed by atoms with Crippen molar-refractivity contribution in [3.8, 4) is 5.75 Å². The molecule has 0 bridgehead atoms. The van der Waals surface area contributed by atoms with Crippen LogP contribution in [0.4, 0.5) is 0 Å². The fourth-order valence-corrected chi connectivity index (χ4v) is 4.71. The van der Waals surface area contributed by atoms with Gasteiger partial charge in [-0.2, -0.15) is 0 Å². The molecule has 5 rings (SSSR count). The highest BCUT2D eigenvalue weighted by molar-refractivity contribution is 5.38. The van der Waals surface area contributed by atoms with Gasteiger partial charge in [0, 0.05) is 70.2 Å².